The first-order valence-electron chi connectivity index (χ1n) is 48.4. The molecule has 16 rings (SSSR count). The van der Waals surface area contributed by atoms with E-state index >= 15 is 0 Å². The van der Waals surface area contributed by atoms with Crippen molar-refractivity contribution in [2.24, 2.45) is 0 Å². The summed E-state index contributed by atoms with van der Waals surface area (Å²) in [4.78, 5) is 92.1. The van der Waals surface area contributed by atoms with Gasteiger partial charge in [0.1, 0.15) is 49.4 Å². The fraction of sp³-hybridized carbons (Fsp3) is 0.330. The molecule has 149 heavy (non-hydrogen) atoms. The fourth-order valence-corrected chi connectivity index (χ4v) is 21.0. The lowest BCUT2D eigenvalue weighted by Crippen LogP contribution is -2.48. The molecule has 4 fully saturated rings. The summed E-state index contributed by atoms with van der Waals surface area (Å²) < 4.78 is 131. The van der Waals surface area contributed by atoms with Gasteiger partial charge in [0.2, 0.25) is 5.91 Å². The van der Waals surface area contributed by atoms with Crippen LogP contribution >= 0.6 is 46.4 Å². The van der Waals surface area contributed by atoms with E-state index in [1.54, 1.807) is 177 Å². The number of hydrogen-bond donors (Lipinski definition) is 4. The predicted octanol–water partition coefficient (Wildman–Crippen LogP) is 17.4. The van der Waals surface area contributed by atoms with Crippen molar-refractivity contribution in [1.29, 1.82) is 0 Å². The molecule has 12 aromatic rings. The van der Waals surface area contributed by atoms with Crippen LogP contribution in [0.4, 0.5) is 22.7 Å². The maximum atomic E-state index is 13.1. The topological polar surface area (TPSA) is 393 Å². The molecule has 0 aliphatic carbocycles. The van der Waals surface area contributed by atoms with E-state index in [0.717, 1.165) is 65.2 Å². The van der Waals surface area contributed by atoms with Crippen LogP contribution in [0.5, 0.6) is 23.0 Å². The van der Waals surface area contributed by atoms with E-state index in [2.05, 4.69) is 60.8 Å². The lowest BCUT2D eigenvalue weighted by atomic mass is 10.1. The number of carbonyl (C=O) groups excluding carboxylic acids is 5. The van der Waals surface area contributed by atoms with Crippen molar-refractivity contribution in [1.82, 2.24) is 44.4 Å². The molecule has 0 bridgehead atoms. The summed E-state index contributed by atoms with van der Waals surface area (Å²) >= 11 is 25.4. The van der Waals surface area contributed by atoms with Gasteiger partial charge in [-0.2, -0.15) is 0 Å². The molecule has 4 aliphatic heterocycles. The molecule has 0 radical (unpaired) electrons. The van der Waals surface area contributed by atoms with E-state index in [9.17, 15) is 57.6 Å². The van der Waals surface area contributed by atoms with Crippen LogP contribution in [-0.2, 0) is 76.6 Å². The number of morpholine rings is 2. The van der Waals surface area contributed by atoms with Gasteiger partial charge in [-0.3, -0.25) is 63.5 Å². The number of carbonyl (C=O) groups is 5. The molecule has 5 amide bonds. The minimum absolute atomic E-state index is 0.0676. The van der Waals surface area contributed by atoms with Gasteiger partial charge < -0.3 is 54.6 Å². The first kappa shape index (κ1) is 114. The Morgan fingerprint density at radius 2 is 0.604 bits per heavy atom. The third kappa shape index (κ3) is 36.5. The fourth-order valence-electron chi connectivity index (χ4n) is 16.9. The third-order valence-corrected chi connectivity index (χ3v) is 28.8. The highest BCUT2D eigenvalue weighted by molar-refractivity contribution is 7.90. The van der Waals surface area contributed by atoms with Crippen molar-refractivity contribution in [3.63, 3.8) is 0 Å². The SMILES string of the molecule is CC(=O)N1CCN(CCOc2cc(C(=O)Nc3ccc(Cl)c(-c4ccccn4)c3)ccc2CS(C)(=O)=O)CC1.CC1CN(CCOc2cc(C(=O)Nc3ccc(Cl)c(-c4ccccn4)c3)ccc2CS(C)(=O)=O)CC(C)O1.CS(=O)(=O)Cc1ccc(C(=O)Nc2ccc(Cl)c(-c3ccccn3)c2)cc1OCCN1CCCCC1.CS(=O)(=O)Cc1ccc(C(=O)Nc2ccc(Cl)c(-c3ccccn3)c2)cc1OCCN1CCOCC1. The minimum Gasteiger partial charge on any atom is -0.492 e. The summed E-state index contributed by atoms with van der Waals surface area (Å²) in [5.74, 6) is -0.545. The van der Waals surface area contributed by atoms with Crippen molar-refractivity contribution in [2.75, 3.05) is 178 Å². The van der Waals surface area contributed by atoms with Crippen molar-refractivity contribution in [2.45, 2.75) is 75.3 Å². The third-order valence-electron chi connectivity index (χ3n) is 24.2. The number of halogens is 4. The number of likely N-dealkylation sites (tertiary alicyclic amines) is 1. The number of amides is 5. The first-order valence-corrected chi connectivity index (χ1v) is 58.2. The molecule has 0 spiro atoms. The molecule has 4 N–H and O–H groups in total. The highest BCUT2D eigenvalue weighted by atomic mass is 35.5. The largest absolute Gasteiger partial charge is 0.492 e. The number of aromatic nitrogens is 4. The van der Waals surface area contributed by atoms with Crippen molar-refractivity contribution in [3.05, 3.63) is 308 Å². The molecular formula is C109H121Cl4N13O19S4. The number of benzene rings is 8. The molecule has 2 atom stereocenters. The second-order valence-electron chi connectivity index (χ2n) is 36.6. The average Bonchev–Trinajstić information content (AvgIpc) is 0.825. The van der Waals surface area contributed by atoms with E-state index in [4.69, 9.17) is 74.8 Å². The number of anilines is 4. The maximum absolute atomic E-state index is 13.1. The number of piperidine rings is 1. The molecule has 4 saturated heterocycles. The van der Waals surface area contributed by atoms with Crippen molar-refractivity contribution >= 4 is 138 Å². The van der Waals surface area contributed by atoms with E-state index in [1.165, 1.54) is 38.0 Å². The second kappa shape index (κ2) is 54.4. The molecule has 32 nitrogen and oxygen atoms in total. The van der Waals surface area contributed by atoms with Gasteiger partial charge in [-0.05, 0) is 210 Å². The van der Waals surface area contributed by atoms with Crippen molar-refractivity contribution < 1.29 is 86.1 Å². The highest BCUT2D eigenvalue weighted by Crippen LogP contribution is 2.37. The summed E-state index contributed by atoms with van der Waals surface area (Å²) in [5.41, 5.74) is 11.2. The zero-order chi connectivity index (χ0) is 106. The Kier molecular flexibility index (Phi) is 41.5. The Morgan fingerprint density at radius 3 is 0.866 bits per heavy atom. The summed E-state index contributed by atoms with van der Waals surface area (Å²) in [5, 5.41) is 13.6. The predicted molar refractivity (Wildman–Crippen MR) is 585 cm³/mol. The summed E-state index contributed by atoms with van der Waals surface area (Å²) in [7, 11) is -13.2. The molecule has 8 heterocycles. The number of nitrogens with one attached hydrogen (secondary N) is 4. The van der Waals surface area contributed by atoms with E-state index in [1.807, 2.05) is 91.5 Å². The molecule has 0 saturated carbocycles. The minimum atomic E-state index is -3.32. The Labute approximate surface area is 890 Å². The van der Waals surface area contributed by atoms with Crippen LogP contribution in [-0.4, -0.2) is 276 Å². The van der Waals surface area contributed by atoms with Crippen LogP contribution in [0.15, 0.2) is 243 Å². The normalized spacial score (nSPS) is 15.3. The molecule has 4 aliphatic rings. The molecule has 4 aromatic heterocycles. The van der Waals surface area contributed by atoms with Gasteiger partial charge in [0.25, 0.3) is 23.6 Å². The zero-order valence-corrected chi connectivity index (χ0v) is 90.1. The Bertz CT molecular complexity index is 6920. The molecule has 40 heteroatoms. The van der Waals surface area contributed by atoms with Gasteiger partial charge >= 0.3 is 0 Å². The summed E-state index contributed by atoms with van der Waals surface area (Å²) in [6.45, 7) is 19.3. The maximum Gasteiger partial charge on any atom is 0.255 e. The van der Waals surface area contributed by atoms with Gasteiger partial charge in [-0.15, -0.1) is 0 Å². The number of hydrogen-bond acceptors (Lipinski definition) is 27. The van der Waals surface area contributed by atoms with Gasteiger partial charge in [0.15, 0.2) is 39.3 Å². The van der Waals surface area contributed by atoms with Gasteiger partial charge in [0, 0.05) is 225 Å². The smallest absolute Gasteiger partial charge is 0.255 e. The number of piperazine rings is 1. The summed E-state index contributed by atoms with van der Waals surface area (Å²) in [6, 6.07) is 62.1. The van der Waals surface area contributed by atoms with Crippen LogP contribution < -0.4 is 40.2 Å². The lowest BCUT2D eigenvalue weighted by Gasteiger charge is -2.35. The van der Waals surface area contributed by atoms with Gasteiger partial charge in [-0.25, -0.2) is 33.7 Å². The van der Waals surface area contributed by atoms with E-state index in [-0.39, 0.29) is 64.8 Å². The quantitative estimate of drug-likeness (QED) is 0.0283. The lowest BCUT2D eigenvalue weighted by molar-refractivity contribution is -0.130. The highest BCUT2D eigenvalue weighted by Gasteiger charge is 2.28. The van der Waals surface area contributed by atoms with Crippen LogP contribution in [0.2, 0.25) is 20.1 Å². The molecule has 2 unspecified atom stereocenters. The summed E-state index contributed by atoms with van der Waals surface area (Å²) in [6.07, 6.45) is 15.3. The molecular weight excluding hydrogens is 2070 g/mol. The van der Waals surface area contributed by atoms with Gasteiger partial charge in [-0.1, -0.05) is 101 Å². The molecule has 788 valence electrons. The van der Waals surface area contributed by atoms with Crippen LogP contribution in [0, 0.1) is 0 Å². The number of sulfone groups is 4. The Balaban J connectivity index is 0.000000166. The Hall–Kier alpha value is -12.4. The zero-order valence-electron chi connectivity index (χ0n) is 83.8. The number of nitrogens with zero attached hydrogens (tertiary/aromatic N) is 9. The van der Waals surface area contributed by atoms with Gasteiger partial charge in [0.05, 0.1) is 91.3 Å². The number of rotatable bonds is 36. The van der Waals surface area contributed by atoms with E-state index < -0.39 is 39.3 Å². The van der Waals surface area contributed by atoms with Crippen molar-refractivity contribution in [3.8, 4) is 68.0 Å². The Morgan fingerprint density at radius 1 is 0.336 bits per heavy atom. The van der Waals surface area contributed by atoms with Crippen LogP contribution in [0.25, 0.3) is 45.0 Å². The average molecular weight is 2190 g/mol. The van der Waals surface area contributed by atoms with E-state index in [0.29, 0.717) is 228 Å². The van der Waals surface area contributed by atoms with Crippen LogP contribution in [0.1, 0.15) is 104 Å². The standard InChI is InChI=1S/C28H31ClN4O5S.C28H32ClN3O5S.C27H30ClN3O4S.C26H28ClN3O5S/c1-20(34)33-13-11-32(12-14-33)15-16-38-27-17-21(6-7-22(27)19-39(2,36)37)28(35)31-23-8-9-25(29)24(18-23)26-5-3-4-10-30-26;1-19-16-32(17-20(2)37-19)12-13-36-27-14-21(7-8-22(27)18-38(3,34)35)28(33)31-23-9-10-25(29)24(15-23)26-6-4-5-11-30-26;1-36(33,34)19-21-9-8-20(17-26(21)35-16-15-31-13-5-2-6-14-31)27(32)30-22-10-11-24(28)23(18-22)25-7-3-4-12-29-25;1-36(32,33)18-20-6-5-19(16-25(20)35-15-12-30-10-13-34-14-11-30)26(31)29-21-7-8-23(27)22(17-21)24-4-2-3-9-28-24/h3-10,17-18H,11-16,19H2,1-2H3,(H,31,35);4-11,14-15,19-20H,12-13,16-18H2,1-3H3,(H,31,33);3-4,7-12,17-18H,2,5-6,13-16,19H2,1H3,(H,30,32);2-9,16-17H,10-15,18H2,1H3,(H,29,31). The second-order valence-corrected chi connectivity index (χ2v) is 46.8. The number of ether oxygens (including phenoxy) is 6. The molecule has 8 aromatic carbocycles. The first-order chi connectivity index (χ1) is 71.2. The monoisotopic (exact) mass is 2180 g/mol. The number of pyridine rings is 4. The van der Waals surface area contributed by atoms with Crippen LogP contribution in [0.3, 0.4) is 0 Å².